The van der Waals surface area contributed by atoms with Gasteiger partial charge in [0.15, 0.2) is 33.3 Å². The van der Waals surface area contributed by atoms with Gasteiger partial charge in [0, 0.05) is 14.2 Å². The van der Waals surface area contributed by atoms with Crippen molar-refractivity contribution >= 4 is 40.9 Å². The largest absolute Gasteiger partial charge is 0.414 e. The van der Waals surface area contributed by atoms with Crippen molar-refractivity contribution in [2.45, 2.75) is 186 Å². The fourth-order valence-corrected chi connectivity index (χ4v) is 10.4. The van der Waals surface area contributed by atoms with Crippen LogP contribution in [-0.4, -0.2) is 95.6 Å². The smallest absolute Gasteiger partial charge is 0.335 e. The molecule has 0 unspecified atom stereocenters. The molecule has 14 heteroatoms. The lowest BCUT2D eigenvalue weighted by molar-refractivity contribution is -0.331. The molecule has 0 spiro atoms. The van der Waals surface area contributed by atoms with Crippen LogP contribution in [0.2, 0.25) is 72.5 Å². The van der Waals surface area contributed by atoms with Crippen molar-refractivity contribution in [3.8, 4) is 0 Å². The summed E-state index contributed by atoms with van der Waals surface area (Å²) in [4.78, 5) is 0. The molecule has 0 bridgehead atoms. The third-order valence-electron chi connectivity index (χ3n) is 11.9. The van der Waals surface area contributed by atoms with Crippen LogP contribution in [0.25, 0.3) is 0 Å². The highest BCUT2D eigenvalue weighted by Crippen LogP contribution is 2.54. The molecule has 0 amide bonds. The van der Waals surface area contributed by atoms with Crippen LogP contribution in [0.15, 0.2) is 0 Å². The van der Waals surface area contributed by atoms with Crippen molar-refractivity contribution in [2.24, 2.45) is 0 Å². The van der Waals surface area contributed by atoms with Crippen molar-refractivity contribution in [1.29, 1.82) is 0 Å². The Morgan fingerprint density at radius 1 is 0.617 bits per heavy atom. The van der Waals surface area contributed by atoms with Gasteiger partial charge in [0.2, 0.25) is 5.79 Å². The number of rotatable bonds is 13. The zero-order valence-electron chi connectivity index (χ0n) is 34.4. The van der Waals surface area contributed by atoms with Crippen LogP contribution >= 0.6 is 7.60 Å². The molecular formula is C33H75O9PSi4. The van der Waals surface area contributed by atoms with Crippen LogP contribution in [-0.2, 0) is 36.1 Å². The van der Waals surface area contributed by atoms with E-state index in [2.05, 4.69) is 135 Å². The molecule has 1 aliphatic heterocycles. The summed E-state index contributed by atoms with van der Waals surface area (Å²) in [6.45, 7) is 43.9. The van der Waals surface area contributed by atoms with Crippen molar-refractivity contribution < 1.29 is 41.2 Å². The highest BCUT2D eigenvalue weighted by molar-refractivity contribution is 7.53. The Kier molecular flexibility index (Phi) is 14.3. The quantitative estimate of drug-likeness (QED) is 0.145. The van der Waals surface area contributed by atoms with Crippen LogP contribution in [0.3, 0.4) is 0 Å². The van der Waals surface area contributed by atoms with Crippen molar-refractivity contribution in [1.82, 2.24) is 0 Å². The van der Waals surface area contributed by atoms with E-state index in [0.29, 0.717) is 0 Å². The minimum absolute atomic E-state index is 0.0550. The minimum atomic E-state index is -3.81. The second kappa shape index (κ2) is 14.7. The summed E-state index contributed by atoms with van der Waals surface area (Å²) in [5, 5.41) is 12.3. The normalized spacial score (nSPS) is 26.5. The topological polar surface area (TPSA) is 102 Å². The summed E-state index contributed by atoms with van der Waals surface area (Å²) < 4.78 is 60.2. The summed E-state index contributed by atoms with van der Waals surface area (Å²) in [6, 6.07) is 0. The van der Waals surface area contributed by atoms with Crippen LogP contribution in [0.1, 0.15) is 83.1 Å². The molecule has 5 atom stereocenters. The maximum Gasteiger partial charge on any atom is 0.335 e. The van der Waals surface area contributed by atoms with Gasteiger partial charge in [-0.15, -0.1) is 0 Å². The van der Waals surface area contributed by atoms with Crippen LogP contribution in [0.5, 0.6) is 0 Å². The Morgan fingerprint density at radius 3 is 1.30 bits per heavy atom. The molecule has 47 heavy (non-hydrogen) atoms. The van der Waals surface area contributed by atoms with E-state index in [4.69, 9.17) is 31.5 Å². The zero-order valence-corrected chi connectivity index (χ0v) is 39.3. The van der Waals surface area contributed by atoms with E-state index in [9.17, 15) is 9.67 Å². The van der Waals surface area contributed by atoms with Gasteiger partial charge in [-0.05, 0) is 72.5 Å². The van der Waals surface area contributed by atoms with Crippen molar-refractivity contribution in [2.75, 3.05) is 27.0 Å². The zero-order chi connectivity index (χ0) is 37.7. The fraction of sp³-hybridized carbons (Fsp3) is 1.00. The molecule has 1 fully saturated rings. The summed E-state index contributed by atoms with van der Waals surface area (Å²) in [7, 11) is -11.0. The molecule has 0 radical (unpaired) electrons. The monoisotopic (exact) mass is 758 g/mol. The van der Waals surface area contributed by atoms with E-state index in [1.165, 1.54) is 14.2 Å². The minimum Gasteiger partial charge on any atom is -0.414 e. The Hall–Kier alpha value is 0.778. The molecule has 0 aromatic rings. The van der Waals surface area contributed by atoms with Crippen molar-refractivity contribution in [3.63, 3.8) is 0 Å². The lowest BCUT2D eigenvalue weighted by Gasteiger charge is -2.57. The second-order valence-electron chi connectivity index (χ2n) is 19.7. The van der Waals surface area contributed by atoms with Gasteiger partial charge in [-0.25, -0.2) is 0 Å². The Balaban J connectivity index is 4.22. The molecule has 282 valence electrons. The molecule has 0 aliphatic carbocycles. The summed E-state index contributed by atoms with van der Waals surface area (Å²) in [6.07, 6.45) is -3.62. The summed E-state index contributed by atoms with van der Waals surface area (Å²) in [5.41, 5.74) is 0. The fourth-order valence-electron chi connectivity index (χ4n) is 4.24. The lowest BCUT2D eigenvalue weighted by Crippen LogP contribution is -2.73. The van der Waals surface area contributed by atoms with E-state index in [1.54, 1.807) is 0 Å². The Bertz CT molecular complexity index is 1080. The summed E-state index contributed by atoms with van der Waals surface area (Å²) in [5.74, 6) is -2.10. The van der Waals surface area contributed by atoms with E-state index in [0.717, 1.165) is 0 Å². The number of hydrogen-bond acceptors (Lipinski definition) is 9. The molecular weight excluding hydrogens is 684 g/mol. The van der Waals surface area contributed by atoms with E-state index >= 15 is 0 Å². The first-order chi connectivity index (χ1) is 20.4. The molecule has 0 aromatic heterocycles. The van der Waals surface area contributed by atoms with Gasteiger partial charge in [0.1, 0.15) is 30.6 Å². The van der Waals surface area contributed by atoms with Gasteiger partial charge in [0.25, 0.3) is 0 Å². The van der Waals surface area contributed by atoms with Gasteiger partial charge in [-0.3, -0.25) is 4.57 Å². The first-order valence-electron chi connectivity index (χ1n) is 17.2. The van der Waals surface area contributed by atoms with Gasteiger partial charge in [-0.2, -0.15) is 0 Å². The second-order valence-corrected chi connectivity index (χ2v) is 41.0. The highest BCUT2D eigenvalue weighted by Gasteiger charge is 2.63. The van der Waals surface area contributed by atoms with Gasteiger partial charge < -0.3 is 36.6 Å². The lowest BCUT2D eigenvalue weighted by atomic mass is 9.93. The molecule has 1 aliphatic rings. The molecule has 1 saturated heterocycles. The summed E-state index contributed by atoms with van der Waals surface area (Å²) >= 11 is 0. The van der Waals surface area contributed by atoms with Gasteiger partial charge in [0.05, 0.1) is 6.61 Å². The van der Waals surface area contributed by atoms with E-state index in [1.807, 2.05) is 0 Å². The average Bonchev–Trinajstić information content (AvgIpc) is 2.83. The third-order valence-corrected chi connectivity index (χ3v) is 31.7. The highest BCUT2D eigenvalue weighted by atomic mass is 31.2. The first kappa shape index (κ1) is 45.8. The van der Waals surface area contributed by atoms with Crippen LogP contribution in [0, 0.1) is 0 Å². The Labute approximate surface area is 293 Å². The molecule has 9 nitrogen and oxygen atoms in total. The number of ether oxygens (including phenoxy) is 1. The van der Waals surface area contributed by atoms with Gasteiger partial charge in [-0.1, -0.05) is 83.1 Å². The SMILES string of the molecule is COP(=O)(C[C@]1(O)O[C@H](CO[Si](C)(C)C(C)(C)C)[C@H](O[Si](C)(C)C(C)(C)C)[C@H](O[Si](C)(C)C(C)(C)C)[C@H]1O[Si](C)(C)C(C)(C)C)OC. The number of aliphatic hydroxyl groups is 1. The Morgan fingerprint density at radius 2 is 0.957 bits per heavy atom. The first-order valence-corrected chi connectivity index (χ1v) is 30.6. The maximum atomic E-state index is 13.9. The van der Waals surface area contributed by atoms with E-state index < -0.39 is 77.2 Å². The molecule has 0 aromatic carbocycles. The third kappa shape index (κ3) is 10.9. The molecule has 1 N–H and O–H groups in total. The van der Waals surface area contributed by atoms with Gasteiger partial charge >= 0.3 is 7.60 Å². The predicted octanol–water partition coefficient (Wildman–Crippen LogP) is 9.75. The maximum absolute atomic E-state index is 13.9. The average molecular weight is 759 g/mol. The van der Waals surface area contributed by atoms with E-state index in [-0.39, 0.29) is 26.8 Å². The molecule has 0 saturated carbocycles. The number of hydrogen-bond donors (Lipinski definition) is 1. The van der Waals surface area contributed by atoms with Crippen LogP contribution < -0.4 is 0 Å². The van der Waals surface area contributed by atoms with Crippen molar-refractivity contribution in [3.05, 3.63) is 0 Å². The molecule has 1 heterocycles. The standard InChI is InChI=1S/C33H75O9PSi4/c1-29(2,3)44(15,16)38-23-25-26(40-45(17,18)30(4,5)6)27(41-46(19,20)31(7,8)9)28(42-47(21,22)32(10,11)12)33(34,39-25)24-43(35,36-13)37-14/h25-28,34H,23-24H2,1-22H3/t25-,26+,27+,28-,33+/m1/s1. The molecule has 1 rings (SSSR count). The van der Waals surface area contributed by atoms with Crippen LogP contribution in [0.4, 0.5) is 0 Å². The predicted molar refractivity (Wildman–Crippen MR) is 206 cm³/mol.